The Morgan fingerprint density at radius 3 is 2.74 bits per heavy atom. The van der Waals surface area contributed by atoms with Gasteiger partial charge in [0, 0.05) is 17.4 Å². The molecule has 0 amide bonds. The van der Waals surface area contributed by atoms with Crippen molar-refractivity contribution in [2.75, 3.05) is 0 Å². The van der Waals surface area contributed by atoms with Crippen molar-refractivity contribution in [3.8, 4) is 11.4 Å². The Morgan fingerprint density at radius 2 is 1.93 bits per heavy atom. The minimum Gasteiger partial charge on any atom is -0.461 e. The maximum absolute atomic E-state index is 12.5. The van der Waals surface area contributed by atoms with Crippen LogP contribution in [0.2, 0.25) is 0 Å². The van der Waals surface area contributed by atoms with Crippen molar-refractivity contribution in [2.45, 2.75) is 25.7 Å². The zero-order chi connectivity index (χ0) is 18.2. The zero-order valence-corrected chi connectivity index (χ0v) is 14.5. The number of furan rings is 1. The highest BCUT2D eigenvalue weighted by atomic mass is 16.5. The molecule has 0 fully saturated rings. The van der Waals surface area contributed by atoms with Crippen molar-refractivity contribution in [2.24, 2.45) is 0 Å². The van der Waals surface area contributed by atoms with Crippen LogP contribution in [0.1, 0.15) is 34.5 Å². The van der Waals surface area contributed by atoms with E-state index in [0.29, 0.717) is 11.3 Å². The predicted octanol–water partition coefficient (Wildman–Crippen LogP) is 3.51. The molecule has 2 aromatic heterocycles. The molecular formula is C20H16N4O3. The van der Waals surface area contributed by atoms with E-state index in [2.05, 4.69) is 15.5 Å². The van der Waals surface area contributed by atoms with E-state index < -0.39 is 5.97 Å². The van der Waals surface area contributed by atoms with Gasteiger partial charge in [0.15, 0.2) is 0 Å². The number of fused-ring (bicyclic) bond motifs is 3. The van der Waals surface area contributed by atoms with E-state index in [9.17, 15) is 4.79 Å². The summed E-state index contributed by atoms with van der Waals surface area (Å²) < 4.78 is 13.0. The molecule has 2 heterocycles. The molecule has 7 nitrogen and oxygen atoms in total. The van der Waals surface area contributed by atoms with Crippen LogP contribution in [-0.2, 0) is 12.8 Å². The quantitative estimate of drug-likeness (QED) is 0.411. The number of ether oxygens (including phenoxy) is 1. The fourth-order valence-electron chi connectivity index (χ4n) is 3.50. The summed E-state index contributed by atoms with van der Waals surface area (Å²) in [5.74, 6) is 1.18. The minimum atomic E-state index is -0.407. The van der Waals surface area contributed by atoms with Crippen LogP contribution in [0.3, 0.4) is 0 Å². The first-order valence-electron chi connectivity index (χ1n) is 8.88. The third-order valence-electron chi connectivity index (χ3n) is 4.85. The summed E-state index contributed by atoms with van der Waals surface area (Å²) in [6.07, 6.45) is 5.81. The lowest BCUT2D eigenvalue weighted by atomic mass is 9.96. The smallest absolute Gasteiger partial charge is 0.343 e. The van der Waals surface area contributed by atoms with Crippen molar-refractivity contribution >= 4 is 16.9 Å². The molecule has 0 saturated heterocycles. The molecule has 2 aromatic carbocycles. The van der Waals surface area contributed by atoms with Gasteiger partial charge in [-0.05, 0) is 72.2 Å². The van der Waals surface area contributed by atoms with E-state index in [1.807, 2.05) is 12.1 Å². The van der Waals surface area contributed by atoms with E-state index in [1.54, 1.807) is 30.3 Å². The van der Waals surface area contributed by atoms with Gasteiger partial charge in [-0.25, -0.2) is 9.48 Å². The van der Waals surface area contributed by atoms with E-state index in [0.717, 1.165) is 41.7 Å². The van der Waals surface area contributed by atoms with E-state index in [1.165, 1.54) is 23.0 Å². The Kier molecular flexibility index (Phi) is 3.71. The van der Waals surface area contributed by atoms with Gasteiger partial charge in [-0.2, -0.15) is 0 Å². The second-order valence-electron chi connectivity index (χ2n) is 6.56. The summed E-state index contributed by atoms with van der Waals surface area (Å²) in [4.78, 5) is 12.5. The minimum absolute atomic E-state index is 0.407. The largest absolute Gasteiger partial charge is 0.461 e. The molecule has 5 rings (SSSR count). The molecule has 0 N–H and O–H groups in total. The number of carbonyl (C=O) groups is 1. The molecule has 0 radical (unpaired) electrons. The Bertz CT molecular complexity index is 1110. The summed E-state index contributed by atoms with van der Waals surface area (Å²) in [6, 6.07) is 12.5. The maximum atomic E-state index is 12.5. The monoisotopic (exact) mass is 360 g/mol. The normalized spacial score (nSPS) is 13.5. The van der Waals surface area contributed by atoms with Crippen molar-refractivity contribution in [1.82, 2.24) is 20.2 Å². The van der Waals surface area contributed by atoms with Gasteiger partial charge >= 0.3 is 5.97 Å². The van der Waals surface area contributed by atoms with Crippen molar-refractivity contribution < 1.29 is 13.9 Å². The van der Waals surface area contributed by atoms with Crippen molar-refractivity contribution in [1.29, 1.82) is 0 Å². The van der Waals surface area contributed by atoms with Gasteiger partial charge in [0.1, 0.15) is 23.4 Å². The van der Waals surface area contributed by atoms with Gasteiger partial charge in [0.25, 0.3) is 0 Å². The van der Waals surface area contributed by atoms with Crippen molar-refractivity contribution in [3.63, 3.8) is 0 Å². The molecule has 7 heteroatoms. The van der Waals surface area contributed by atoms with Crippen LogP contribution >= 0.6 is 0 Å². The molecule has 0 unspecified atom stereocenters. The predicted molar refractivity (Wildman–Crippen MR) is 97.0 cm³/mol. The zero-order valence-electron chi connectivity index (χ0n) is 14.5. The van der Waals surface area contributed by atoms with Gasteiger partial charge in [-0.1, -0.05) is 0 Å². The molecule has 0 saturated carbocycles. The summed E-state index contributed by atoms with van der Waals surface area (Å²) in [5, 5.41) is 12.1. The number of nitrogens with zero attached hydrogens (tertiary/aromatic N) is 4. The lowest BCUT2D eigenvalue weighted by molar-refractivity contribution is 0.0735. The number of hydrogen-bond acceptors (Lipinski definition) is 6. The number of benzene rings is 2. The average molecular weight is 360 g/mol. The van der Waals surface area contributed by atoms with Crippen LogP contribution in [-0.4, -0.2) is 26.2 Å². The Balaban J connectivity index is 1.39. The maximum Gasteiger partial charge on any atom is 0.343 e. The second-order valence-corrected chi connectivity index (χ2v) is 6.56. The lowest BCUT2D eigenvalue weighted by Gasteiger charge is -2.09. The summed E-state index contributed by atoms with van der Waals surface area (Å²) in [6.45, 7) is 0. The highest BCUT2D eigenvalue weighted by Crippen LogP contribution is 2.34. The summed E-state index contributed by atoms with van der Waals surface area (Å²) in [5.41, 5.74) is 3.33. The lowest BCUT2D eigenvalue weighted by Crippen LogP contribution is -2.08. The van der Waals surface area contributed by atoms with Gasteiger partial charge < -0.3 is 9.15 Å². The van der Waals surface area contributed by atoms with Gasteiger partial charge in [0.2, 0.25) is 0 Å². The molecule has 27 heavy (non-hydrogen) atoms. The van der Waals surface area contributed by atoms with Gasteiger partial charge in [-0.3, -0.25) is 0 Å². The highest BCUT2D eigenvalue weighted by Gasteiger charge is 2.18. The SMILES string of the molecule is O=C(Oc1ccc2oc3c(c2c1)CCCC3)c1ccc(-n2cnnn2)cc1. The Labute approximate surface area is 154 Å². The number of tetrazole rings is 1. The Morgan fingerprint density at radius 1 is 1.07 bits per heavy atom. The molecule has 134 valence electrons. The number of rotatable bonds is 3. The first-order valence-corrected chi connectivity index (χ1v) is 8.88. The van der Waals surface area contributed by atoms with Crippen LogP contribution in [0.25, 0.3) is 16.7 Å². The molecule has 0 aliphatic heterocycles. The number of carbonyl (C=O) groups excluding carboxylic acids is 1. The molecule has 0 bridgehead atoms. The fraction of sp³-hybridized carbons (Fsp3) is 0.200. The van der Waals surface area contributed by atoms with Crippen LogP contribution in [0.5, 0.6) is 5.75 Å². The molecule has 1 aliphatic rings. The summed E-state index contributed by atoms with van der Waals surface area (Å²) in [7, 11) is 0. The number of aryl methyl sites for hydroxylation is 2. The van der Waals surface area contributed by atoms with E-state index in [4.69, 9.17) is 9.15 Å². The van der Waals surface area contributed by atoms with Gasteiger partial charge in [-0.15, -0.1) is 5.10 Å². The molecule has 4 aromatic rings. The van der Waals surface area contributed by atoms with E-state index in [-0.39, 0.29) is 0 Å². The molecule has 0 atom stereocenters. The first-order chi connectivity index (χ1) is 13.3. The third kappa shape index (κ3) is 2.87. The van der Waals surface area contributed by atoms with Gasteiger partial charge in [0.05, 0.1) is 11.3 Å². The molecular weight excluding hydrogens is 344 g/mol. The standard InChI is InChI=1S/C20H16N4O3/c25-20(13-5-7-14(8-6-13)24-12-21-22-23-24)26-15-9-10-19-17(11-15)16-3-1-2-4-18(16)27-19/h5-12H,1-4H2. The molecule has 0 spiro atoms. The average Bonchev–Trinajstić information content (AvgIpc) is 3.36. The van der Waals surface area contributed by atoms with Crippen LogP contribution in [0.4, 0.5) is 0 Å². The first kappa shape index (κ1) is 15.7. The topological polar surface area (TPSA) is 83.0 Å². The highest BCUT2D eigenvalue weighted by molar-refractivity contribution is 5.92. The third-order valence-corrected chi connectivity index (χ3v) is 4.85. The summed E-state index contributed by atoms with van der Waals surface area (Å²) >= 11 is 0. The van der Waals surface area contributed by atoms with Crippen LogP contribution in [0.15, 0.2) is 53.2 Å². The van der Waals surface area contributed by atoms with Crippen molar-refractivity contribution in [3.05, 3.63) is 65.7 Å². The number of aromatic nitrogens is 4. The van der Waals surface area contributed by atoms with Crippen LogP contribution in [0, 0.1) is 0 Å². The van der Waals surface area contributed by atoms with Crippen LogP contribution < -0.4 is 4.74 Å². The fourth-order valence-corrected chi connectivity index (χ4v) is 3.50. The number of esters is 1. The second kappa shape index (κ2) is 6.35. The van der Waals surface area contributed by atoms with E-state index >= 15 is 0 Å². The molecule has 1 aliphatic carbocycles. The Hall–Kier alpha value is -3.48. The number of hydrogen-bond donors (Lipinski definition) is 0.